The van der Waals surface area contributed by atoms with Gasteiger partial charge in [0.15, 0.2) is 11.6 Å². The van der Waals surface area contributed by atoms with Gasteiger partial charge in [-0.1, -0.05) is 0 Å². The van der Waals surface area contributed by atoms with Gasteiger partial charge >= 0.3 is 5.69 Å². The van der Waals surface area contributed by atoms with Crippen LogP contribution in [-0.4, -0.2) is 26.2 Å². The third-order valence-corrected chi connectivity index (χ3v) is 4.66. The van der Waals surface area contributed by atoms with Gasteiger partial charge in [0.2, 0.25) is 0 Å². The molecule has 0 aliphatic carbocycles. The number of rotatable bonds is 4. The van der Waals surface area contributed by atoms with Gasteiger partial charge in [0, 0.05) is 16.5 Å². The molecule has 0 unspecified atom stereocenters. The largest absolute Gasteiger partial charge is 0.502 e. The number of nitrogens with zero attached hydrogens (tertiary/aromatic N) is 4. The molecule has 24 heavy (non-hydrogen) atoms. The van der Waals surface area contributed by atoms with Crippen LogP contribution >= 0.6 is 11.3 Å². The van der Waals surface area contributed by atoms with Crippen molar-refractivity contribution in [1.82, 2.24) is 9.97 Å². The molecule has 0 aliphatic rings. The van der Waals surface area contributed by atoms with Crippen molar-refractivity contribution in [3.8, 4) is 5.75 Å². The second-order valence-electron chi connectivity index (χ2n) is 5.06. The highest BCUT2D eigenvalue weighted by Crippen LogP contribution is 2.32. The molecule has 0 fully saturated rings. The molecule has 2 aromatic heterocycles. The van der Waals surface area contributed by atoms with Crippen LogP contribution < -0.4 is 5.43 Å². The predicted octanol–water partition coefficient (Wildman–Crippen LogP) is 3.37. The van der Waals surface area contributed by atoms with Crippen LogP contribution in [-0.2, 0) is 0 Å². The summed E-state index contributed by atoms with van der Waals surface area (Å²) in [5, 5.41) is 25.3. The molecular weight excluding hydrogens is 330 g/mol. The Kier molecular flexibility index (Phi) is 4.09. The van der Waals surface area contributed by atoms with Crippen molar-refractivity contribution in [2.45, 2.75) is 13.8 Å². The van der Waals surface area contributed by atoms with Crippen molar-refractivity contribution < 1.29 is 10.0 Å². The molecule has 0 amide bonds. The van der Waals surface area contributed by atoms with Gasteiger partial charge in [-0.2, -0.15) is 5.10 Å². The maximum absolute atomic E-state index is 10.8. The van der Waals surface area contributed by atoms with Gasteiger partial charge in [0.05, 0.1) is 16.5 Å². The molecule has 0 atom stereocenters. The Hall–Kier alpha value is -3.07. The van der Waals surface area contributed by atoms with E-state index in [2.05, 4.69) is 20.5 Å². The molecule has 3 aromatic rings. The topological polar surface area (TPSA) is 114 Å². The quantitative estimate of drug-likeness (QED) is 0.426. The molecule has 0 radical (unpaired) electrons. The summed E-state index contributed by atoms with van der Waals surface area (Å²) in [6, 6.07) is 4.04. The van der Waals surface area contributed by atoms with Crippen LogP contribution in [0.25, 0.3) is 10.2 Å². The molecule has 3 rings (SSSR count). The molecule has 1 aromatic carbocycles. The van der Waals surface area contributed by atoms with E-state index < -0.39 is 4.92 Å². The van der Waals surface area contributed by atoms with Crippen molar-refractivity contribution in [2.24, 2.45) is 5.10 Å². The minimum absolute atomic E-state index is 0.368. The number of aryl methyl sites for hydroxylation is 2. The molecule has 2 heterocycles. The number of nitro groups is 1. The van der Waals surface area contributed by atoms with Gasteiger partial charge in [0.25, 0.3) is 0 Å². The third-order valence-electron chi connectivity index (χ3n) is 3.55. The summed E-state index contributed by atoms with van der Waals surface area (Å²) in [6.45, 7) is 4.01. The summed E-state index contributed by atoms with van der Waals surface area (Å²) in [5.74, 6) is 0.193. The lowest BCUT2D eigenvalue weighted by Gasteiger charge is -2.02. The van der Waals surface area contributed by atoms with E-state index in [0.29, 0.717) is 11.4 Å². The van der Waals surface area contributed by atoms with E-state index in [0.717, 1.165) is 20.7 Å². The molecule has 0 aliphatic heterocycles. The first kappa shape index (κ1) is 15.8. The van der Waals surface area contributed by atoms with Crippen molar-refractivity contribution in [2.75, 3.05) is 5.43 Å². The van der Waals surface area contributed by atoms with E-state index in [9.17, 15) is 15.2 Å². The zero-order chi connectivity index (χ0) is 17.3. The summed E-state index contributed by atoms with van der Waals surface area (Å²) >= 11 is 1.58. The number of fused-ring (bicyclic) bond motifs is 1. The van der Waals surface area contributed by atoms with E-state index in [4.69, 9.17) is 0 Å². The number of phenolic OH excluding ortho intramolecular Hbond substituents is 1. The Morgan fingerprint density at radius 1 is 1.38 bits per heavy atom. The number of phenols is 1. The van der Waals surface area contributed by atoms with Crippen molar-refractivity contribution in [3.05, 3.63) is 50.6 Å². The summed E-state index contributed by atoms with van der Waals surface area (Å²) in [5.41, 5.74) is 4.05. The minimum Gasteiger partial charge on any atom is -0.502 e. The fraction of sp³-hybridized carbons (Fsp3) is 0.133. The van der Waals surface area contributed by atoms with Crippen LogP contribution in [0.2, 0.25) is 0 Å². The lowest BCUT2D eigenvalue weighted by atomic mass is 10.2. The van der Waals surface area contributed by atoms with Gasteiger partial charge < -0.3 is 5.11 Å². The van der Waals surface area contributed by atoms with Gasteiger partial charge in [-0.25, -0.2) is 9.97 Å². The lowest BCUT2D eigenvalue weighted by Crippen LogP contribution is -1.96. The monoisotopic (exact) mass is 343 g/mol. The molecule has 0 saturated carbocycles. The molecule has 9 heteroatoms. The number of aromatic nitrogens is 2. The summed E-state index contributed by atoms with van der Waals surface area (Å²) in [4.78, 5) is 20.6. The fourth-order valence-electron chi connectivity index (χ4n) is 2.20. The van der Waals surface area contributed by atoms with Crippen LogP contribution in [0.3, 0.4) is 0 Å². The van der Waals surface area contributed by atoms with E-state index in [1.54, 1.807) is 11.3 Å². The Morgan fingerprint density at radius 3 is 2.92 bits per heavy atom. The molecule has 122 valence electrons. The Balaban J connectivity index is 1.87. The summed E-state index contributed by atoms with van der Waals surface area (Å²) in [6.07, 6.45) is 2.88. The molecule has 2 N–H and O–H groups in total. The Morgan fingerprint density at radius 2 is 2.17 bits per heavy atom. The zero-order valence-corrected chi connectivity index (χ0v) is 13.7. The third kappa shape index (κ3) is 2.88. The number of benzene rings is 1. The van der Waals surface area contributed by atoms with Crippen molar-refractivity contribution >= 4 is 39.3 Å². The second-order valence-corrected chi connectivity index (χ2v) is 6.26. The molecule has 0 bridgehead atoms. The van der Waals surface area contributed by atoms with E-state index in [-0.39, 0.29) is 11.4 Å². The van der Waals surface area contributed by atoms with Crippen LogP contribution in [0.5, 0.6) is 5.75 Å². The van der Waals surface area contributed by atoms with E-state index >= 15 is 0 Å². The van der Waals surface area contributed by atoms with Gasteiger partial charge in [0.1, 0.15) is 11.2 Å². The predicted molar refractivity (Wildman–Crippen MR) is 92.9 cm³/mol. The lowest BCUT2D eigenvalue weighted by molar-refractivity contribution is -0.385. The fourth-order valence-corrected chi connectivity index (χ4v) is 3.20. The number of anilines is 1. The van der Waals surface area contributed by atoms with E-state index in [1.165, 1.54) is 30.7 Å². The highest BCUT2D eigenvalue weighted by Gasteiger charge is 2.13. The van der Waals surface area contributed by atoms with Crippen molar-refractivity contribution in [3.63, 3.8) is 0 Å². The summed E-state index contributed by atoms with van der Waals surface area (Å²) < 4.78 is 0. The average Bonchev–Trinajstić information content (AvgIpc) is 2.84. The first-order chi connectivity index (χ1) is 11.5. The van der Waals surface area contributed by atoms with Crippen LogP contribution in [0.15, 0.2) is 29.6 Å². The summed E-state index contributed by atoms with van der Waals surface area (Å²) in [7, 11) is 0. The smallest absolute Gasteiger partial charge is 0.311 e. The van der Waals surface area contributed by atoms with Crippen LogP contribution in [0.1, 0.15) is 16.0 Å². The number of nitrogens with one attached hydrogen (secondary N) is 1. The average molecular weight is 343 g/mol. The highest BCUT2D eigenvalue weighted by atomic mass is 32.1. The maximum atomic E-state index is 10.8. The normalized spacial score (nSPS) is 11.2. The van der Waals surface area contributed by atoms with E-state index in [1.807, 2.05) is 13.8 Å². The first-order valence-corrected chi connectivity index (χ1v) is 7.76. The van der Waals surface area contributed by atoms with Gasteiger partial charge in [-0.3, -0.25) is 15.5 Å². The molecule has 8 nitrogen and oxygen atoms in total. The Labute approximate surface area is 140 Å². The number of thiophene rings is 1. The van der Waals surface area contributed by atoms with Crippen molar-refractivity contribution in [1.29, 1.82) is 0 Å². The molecule has 0 spiro atoms. The SMILES string of the molecule is Cc1sc2ncnc(NN=Cc3ccc(O)c([N+](=O)[O-])c3)c2c1C. The first-order valence-electron chi connectivity index (χ1n) is 6.94. The van der Waals surface area contributed by atoms with Gasteiger partial charge in [-0.15, -0.1) is 11.3 Å². The maximum Gasteiger partial charge on any atom is 0.311 e. The standard InChI is InChI=1S/C15H13N5O3S/c1-8-9(2)24-15-13(8)14(16-7-17-15)19-18-6-10-3-4-12(21)11(5-10)20(22)23/h3-7,21H,1-2H3,(H,16,17,19). The number of nitro benzene ring substituents is 1. The van der Waals surface area contributed by atoms with Crippen LogP contribution in [0.4, 0.5) is 11.5 Å². The molecule has 0 saturated heterocycles. The number of hydrogen-bond acceptors (Lipinski definition) is 8. The molecular formula is C15H13N5O3S. The Bertz CT molecular complexity index is 967. The van der Waals surface area contributed by atoms with Gasteiger partial charge in [-0.05, 0) is 31.5 Å². The number of hydrogen-bond donors (Lipinski definition) is 2. The zero-order valence-electron chi connectivity index (χ0n) is 12.8. The number of aromatic hydroxyl groups is 1. The second kappa shape index (κ2) is 6.20. The van der Waals surface area contributed by atoms with Crippen LogP contribution in [0, 0.1) is 24.0 Å². The minimum atomic E-state index is -0.647. The highest BCUT2D eigenvalue weighted by molar-refractivity contribution is 7.18. The number of hydrazone groups is 1.